The van der Waals surface area contributed by atoms with E-state index in [9.17, 15) is 14.4 Å². The van der Waals surface area contributed by atoms with Crippen molar-refractivity contribution in [2.75, 3.05) is 0 Å². The summed E-state index contributed by atoms with van der Waals surface area (Å²) in [4.78, 5) is 37.3. The van der Waals surface area contributed by atoms with Crippen LogP contribution in [0.2, 0.25) is 5.02 Å². The summed E-state index contributed by atoms with van der Waals surface area (Å²) < 4.78 is 5.33. The van der Waals surface area contributed by atoms with Crippen molar-refractivity contribution >= 4 is 46.6 Å². The number of carboxylic acids is 1. The van der Waals surface area contributed by atoms with Gasteiger partial charge in [-0.2, -0.15) is 0 Å². The minimum atomic E-state index is -1.08. The van der Waals surface area contributed by atoms with Crippen LogP contribution in [0.4, 0.5) is 4.79 Å². The first-order valence-electron chi connectivity index (χ1n) is 8.33. The fourth-order valence-electron chi connectivity index (χ4n) is 2.49. The average Bonchev–Trinajstić information content (AvgIpc) is 2.91. The van der Waals surface area contributed by atoms with E-state index >= 15 is 0 Å². The normalized spacial score (nSPS) is 16.5. The highest BCUT2D eigenvalue weighted by atomic mass is 35.5. The molecule has 2 amide bonds. The Balaban J connectivity index is 1.76. The van der Waals surface area contributed by atoms with Gasteiger partial charge in [0.15, 0.2) is 6.10 Å². The molecular weight excluding hydrogens is 402 g/mol. The van der Waals surface area contributed by atoms with E-state index < -0.39 is 12.1 Å². The minimum absolute atomic E-state index is 0.165. The monoisotopic (exact) mass is 417 g/mol. The topological polar surface area (TPSA) is 83.9 Å². The molecule has 0 aliphatic carbocycles. The quantitative estimate of drug-likeness (QED) is 0.700. The summed E-state index contributed by atoms with van der Waals surface area (Å²) in [6.45, 7) is 1.59. The lowest BCUT2D eigenvalue weighted by atomic mass is 10.2. The van der Waals surface area contributed by atoms with Crippen molar-refractivity contribution in [3.8, 4) is 5.75 Å². The molecule has 0 saturated carbocycles. The van der Waals surface area contributed by atoms with Gasteiger partial charge in [0.2, 0.25) is 0 Å². The summed E-state index contributed by atoms with van der Waals surface area (Å²) in [6, 6.07) is 13.6. The molecule has 0 aromatic heterocycles. The van der Waals surface area contributed by atoms with Crippen molar-refractivity contribution in [2.24, 2.45) is 0 Å². The molecule has 28 heavy (non-hydrogen) atoms. The Bertz CT molecular complexity index is 957. The lowest BCUT2D eigenvalue weighted by Gasteiger charge is -2.12. The van der Waals surface area contributed by atoms with Crippen molar-refractivity contribution in [3.05, 3.63) is 69.6 Å². The lowest BCUT2D eigenvalue weighted by molar-refractivity contribution is -0.144. The third-order valence-electron chi connectivity index (χ3n) is 3.94. The molecule has 0 radical (unpaired) electrons. The molecule has 1 heterocycles. The SMILES string of the molecule is CC(Oc1cccc(/C=C2/SC(=O)N(Cc3ccc(Cl)cc3)C2=O)c1)C(=O)O. The summed E-state index contributed by atoms with van der Waals surface area (Å²) in [5.41, 5.74) is 1.43. The van der Waals surface area contributed by atoms with Crippen LogP contribution in [-0.2, 0) is 16.1 Å². The number of hydrogen-bond donors (Lipinski definition) is 1. The largest absolute Gasteiger partial charge is 0.479 e. The molecule has 2 aromatic carbocycles. The van der Waals surface area contributed by atoms with Gasteiger partial charge in [-0.3, -0.25) is 14.5 Å². The summed E-state index contributed by atoms with van der Waals surface area (Å²) in [5, 5.41) is 9.17. The van der Waals surface area contributed by atoms with E-state index in [1.165, 1.54) is 11.8 Å². The van der Waals surface area contributed by atoms with Gasteiger partial charge < -0.3 is 9.84 Å². The molecule has 6 nitrogen and oxygen atoms in total. The molecule has 144 valence electrons. The Hall–Kier alpha value is -2.77. The highest BCUT2D eigenvalue weighted by Gasteiger charge is 2.35. The van der Waals surface area contributed by atoms with Gasteiger partial charge in [-0.1, -0.05) is 35.9 Å². The number of carbonyl (C=O) groups excluding carboxylic acids is 2. The second-order valence-electron chi connectivity index (χ2n) is 6.07. The maximum Gasteiger partial charge on any atom is 0.344 e. The molecule has 0 bridgehead atoms. The smallest absolute Gasteiger partial charge is 0.344 e. The third kappa shape index (κ3) is 4.74. The van der Waals surface area contributed by atoms with Crippen LogP contribution in [-0.4, -0.2) is 33.2 Å². The molecule has 8 heteroatoms. The van der Waals surface area contributed by atoms with Gasteiger partial charge in [0, 0.05) is 5.02 Å². The Kier molecular flexibility index (Phi) is 6.06. The zero-order valence-electron chi connectivity index (χ0n) is 14.8. The van der Waals surface area contributed by atoms with Crippen LogP contribution in [0.15, 0.2) is 53.4 Å². The minimum Gasteiger partial charge on any atom is -0.479 e. The van der Waals surface area contributed by atoms with Crippen LogP contribution < -0.4 is 4.74 Å². The van der Waals surface area contributed by atoms with Crippen molar-refractivity contribution in [2.45, 2.75) is 19.6 Å². The number of halogens is 1. The maximum atomic E-state index is 12.6. The van der Waals surface area contributed by atoms with Crippen LogP contribution in [0.25, 0.3) is 6.08 Å². The molecule has 0 spiro atoms. The van der Waals surface area contributed by atoms with Crippen molar-refractivity contribution in [3.63, 3.8) is 0 Å². The van der Waals surface area contributed by atoms with E-state index in [-0.39, 0.29) is 17.7 Å². The van der Waals surface area contributed by atoms with Gasteiger partial charge in [-0.05, 0) is 60.2 Å². The lowest BCUT2D eigenvalue weighted by Crippen LogP contribution is -2.27. The number of rotatable bonds is 6. The predicted octanol–water partition coefficient (Wildman–Crippen LogP) is 4.43. The number of amides is 2. The number of benzene rings is 2. The molecule has 3 rings (SSSR count). The summed E-state index contributed by atoms with van der Waals surface area (Å²) >= 11 is 6.72. The maximum absolute atomic E-state index is 12.6. The zero-order valence-corrected chi connectivity index (χ0v) is 16.4. The van der Waals surface area contributed by atoms with Gasteiger partial charge in [0.1, 0.15) is 5.75 Å². The Morgan fingerprint density at radius 2 is 1.96 bits per heavy atom. The van der Waals surface area contributed by atoms with Gasteiger partial charge in [-0.25, -0.2) is 4.79 Å². The van der Waals surface area contributed by atoms with Gasteiger partial charge in [0.05, 0.1) is 11.4 Å². The van der Waals surface area contributed by atoms with E-state index in [0.717, 1.165) is 17.3 Å². The fraction of sp³-hybridized carbons (Fsp3) is 0.150. The van der Waals surface area contributed by atoms with Gasteiger partial charge in [-0.15, -0.1) is 0 Å². The van der Waals surface area contributed by atoms with E-state index in [0.29, 0.717) is 21.2 Å². The highest BCUT2D eigenvalue weighted by molar-refractivity contribution is 8.18. The first kappa shape index (κ1) is 20.0. The van der Waals surface area contributed by atoms with Crippen molar-refractivity contribution in [1.29, 1.82) is 0 Å². The van der Waals surface area contributed by atoms with Gasteiger partial charge >= 0.3 is 5.97 Å². The number of hydrogen-bond acceptors (Lipinski definition) is 5. The van der Waals surface area contributed by atoms with Crippen molar-refractivity contribution < 1.29 is 24.2 Å². The number of thioether (sulfide) groups is 1. The number of carboxylic acid groups (broad SMARTS) is 1. The second kappa shape index (κ2) is 8.50. The Labute approximate surface area is 170 Å². The van der Waals surface area contributed by atoms with Crippen molar-refractivity contribution in [1.82, 2.24) is 4.90 Å². The number of ether oxygens (including phenoxy) is 1. The van der Waals surface area contributed by atoms with Crippen LogP contribution in [0.1, 0.15) is 18.1 Å². The molecule has 2 aromatic rings. The highest BCUT2D eigenvalue weighted by Crippen LogP contribution is 2.33. The molecular formula is C20H16ClNO5S. The van der Waals surface area contributed by atoms with E-state index in [1.54, 1.807) is 54.6 Å². The Morgan fingerprint density at radius 3 is 2.64 bits per heavy atom. The number of nitrogens with zero attached hydrogens (tertiary/aromatic N) is 1. The number of imide groups is 1. The van der Waals surface area contributed by atoms with Gasteiger partial charge in [0.25, 0.3) is 11.1 Å². The summed E-state index contributed by atoms with van der Waals surface area (Å²) in [7, 11) is 0. The first-order chi connectivity index (χ1) is 13.3. The molecule has 1 atom stereocenters. The Morgan fingerprint density at radius 1 is 1.25 bits per heavy atom. The summed E-state index contributed by atoms with van der Waals surface area (Å²) in [6.07, 6.45) is 0.590. The van der Waals surface area contributed by atoms with E-state index in [1.807, 2.05) is 0 Å². The van der Waals surface area contributed by atoms with E-state index in [2.05, 4.69) is 0 Å². The first-order valence-corrected chi connectivity index (χ1v) is 9.52. The van der Waals surface area contributed by atoms with E-state index in [4.69, 9.17) is 21.4 Å². The third-order valence-corrected chi connectivity index (χ3v) is 5.10. The van der Waals surface area contributed by atoms with Crippen LogP contribution >= 0.6 is 23.4 Å². The van der Waals surface area contributed by atoms with Crippen LogP contribution in [0, 0.1) is 0 Å². The molecule has 1 N–H and O–H groups in total. The standard InChI is InChI=1S/C20H16ClNO5S/c1-12(19(24)25)27-16-4-2-3-14(9-16)10-17-18(23)22(20(26)28-17)11-13-5-7-15(21)8-6-13/h2-10,12H,11H2,1H3,(H,24,25)/b17-10+. The molecule has 1 unspecified atom stereocenters. The second-order valence-corrected chi connectivity index (χ2v) is 7.49. The molecule has 1 aliphatic rings. The number of carbonyl (C=O) groups is 3. The van der Waals surface area contributed by atoms with Crippen LogP contribution in [0.3, 0.4) is 0 Å². The molecule has 1 fully saturated rings. The van der Waals surface area contributed by atoms with Crippen LogP contribution in [0.5, 0.6) is 5.75 Å². The average molecular weight is 418 g/mol. The number of aliphatic carboxylic acids is 1. The molecule has 1 aliphatic heterocycles. The molecule has 1 saturated heterocycles. The summed E-state index contributed by atoms with van der Waals surface area (Å²) in [5.74, 6) is -1.09. The fourth-order valence-corrected chi connectivity index (χ4v) is 3.46. The predicted molar refractivity (Wildman–Crippen MR) is 107 cm³/mol. The zero-order chi connectivity index (χ0) is 20.3.